The zero-order valence-corrected chi connectivity index (χ0v) is 19.1. The van der Waals surface area contributed by atoms with Gasteiger partial charge in [0.15, 0.2) is 0 Å². The van der Waals surface area contributed by atoms with Gasteiger partial charge >= 0.3 is 29.6 Å². The number of carbonyl (C=O) groups is 2. The van der Waals surface area contributed by atoms with Gasteiger partial charge in [0, 0.05) is 29.2 Å². The smallest absolute Gasteiger partial charge is 0.546 e. The molecule has 1 aliphatic heterocycles. The number of likely N-dealkylation sites (tertiary alicyclic amines) is 1. The summed E-state index contributed by atoms with van der Waals surface area (Å²) in [6, 6.07) is 10.5. The monoisotopic (exact) mass is 409 g/mol. The number of benzene rings is 2. The molecular formula is C21H21ClNNaO4. The second kappa shape index (κ2) is 9.79. The molecule has 1 aliphatic rings. The minimum atomic E-state index is -1.29. The van der Waals surface area contributed by atoms with Crippen LogP contribution in [0, 0.1) is 6.92 Å². The number of nitrogens with zero attached hydrogens (tertiary/aromatic N) is 1. The molecule has 1 heterocycles. The zero-order valence-electron chi connectivity index (χ0n) is 16.3. The van der Waals surface area contributed by atoms with Crippen LogP contribution in [-0.2, 0) is 4.79 Å². The Morgan fingerprint density at radius 1 is 1.11 bits per heavy atom. The third-order valence-electron chi connectivity index (χ3n) is 4.73. The quantitative estimate of drug-likeness (QED) is 0.655. The van der Waals surface area contributed by atoms with Gasteiger partial charge in [-0.25, -0.2) is 0 Å². The summed E-state index contributed by atoms with van der Waals surface area (Å²) in [7, 11) is 0. The molecule has 1 fully saturated rings. The van der Waals surface area contributed by atoms with Gasteiger partial charge in [0.25, 0.3) is 5.91 Å². The summed E-state index contributed by atoms with van der Waals surface area (Å²) in [6.07, 6.45) is 0.993. The molecule has 1 saturated heterocycles. The number of halogens is 1. The molecular weight excluding hydrogens is 389 g/mol. The van der Waals surface area contributed by atoms with Crippen molar-refractivity contribution >= 4 is 23.5 Å². The van der Waals surface area contributed by atoms with E-state index in [4.69, 9.17) is 16.3 Å². The number of carboxylic acids is 1. The van der Waals surface area contributed by atoms with Crippen molar-refractivity contribution in [3.8, 4) is 16.9 Å². The second-order valence-electron chi connectivity index (χ2n) is 6.75. The number of ether oxygens (including phenoxy) is 1. The fourth-order valence-corrected chi connectivity index (χ4v) is 3.43. The van der Waals surface area contributed by atoms with Crippen LogP contribution in [0.2, 0.25) is 5.02 Å². The minimum Gasteiger partial charge on any atom is -0.546 e. The SMILES string of the molecule is Cc1cc(C(=O)N2CCCC2)ccc1-c1cc(Cl)ccc1O[C@@H](C)C(=O)[O-].[Na+]. The maximum absolute atomic E-state index is 12.6. The van der Waals surface area contributed by atoms with Gasteiger partial charge in [0.05, 0.1) is 5.97 Å². The van der Waals surface area contributed by atoms with E-state index in [1.54, 1.807) is 24.3 Å². The van der Waals surface area contributed by atoms with E-state index in [2.05, 4.69) is 0 Å². The first kappa shape index (κ1) is 22.8. The molecule has 0 bridgehead atoms. The van der Waals surface area contributed by atoms with Crippen LogP contribution in [0.15, 0.2) is 36.4 Å². The molecule has 0 aliphatic carbocycles. The third kappa shape index (κ3) is 5.09. The van der Waals surface area contributed by atoms with Crippen LogP contribution in [0.25, 0.3) is 11.1 Å². The Morgan fingerprint density at radius 3 is 2.39 bits per heavy atom. The molecule has 0 radical (unpaired) electrons. The van der Waals surface area contributed by atoms with Gasteiger partial charge < -0.3 is 19.5 Å². The van der Waals surface area contributed by atoms with Gasteiger partial charge in [-0.15, -0.1) is 0 Å². The zero-order chi connectivity index (χ0) is 19.6. The fraction of sp³-hybridized carbons (Fsp3) is 0.333. The van der Waals surface area contributed by atoms with E-state index in [1.165, 1.54) is 6.92 Å². The summed E-state index contributed by atoms with van der Waals surface area (Å²) in [6.45, 7) is 4.92. The van der Waals surface area contributed by atoms with Gasteiger partial charge in [-0.3, -0.25) is 4.79 Å². The summed E-state index contributed by atoms with van der Waals surface area (Å²) in [5.41, 5.74) is 3.03. The second-order valence-corrected chi connectivity index (χ2v) is 7.19. The predicted octanol–water partition coefficient (Wildman–Crippen LogP) is 0.0726. The molecule has 2 aromatic rings. The number of carboxylic acid groups (broad SMARTS) is 1. The van der Waals surface area contributed by atoms with Gasteiger partial charge in [-0.05, 0) is 68.1 Å². The third-order valence-corrected chi connectivity index (χ3v) is 4.97. The molecule has 0 aromatic heterocycles. The molecule has 0 N–H and O–H groups in total. The van der Waals surface area contributed by atoms with Gasteiger partial charge in [-0.1, -0.05) is 17.7 Å². The maximum atomic E-state index is 12.6. The number of hydrogen-bond donors (Lipinski definition) is 0. The van der Waals surface area contributed by atoms with E-state index in [9.17, 15) is 14.7 Å². The Morgan fingerprint density at radius 2 is 1.79 bits per heavy atom. The number of rotatable bonds is 5. The van der Waals surface area contributed by atoms with Crippen molar-refractivity contribution in [2.24, 2.45) is 0 Å². The molecule has 3 rings (SSSR count). The molecule has 7 heteroatoms. The minimum absolute atomic E-state index is 0. The van der Waals surface area contributed by atoms with E-state index in [0.29, 0.717) is 21.9 Å². The first-order valence-electron chi connectivity index (χ1n) is 8.94. The standard InChI is InChI=1S/C21H22ClNO4.Na/c1-13-11-15(20(24)23-9-3-4-10-23)5-7-17(13)18-12-16(22)6-8-19(18)27-14(2)21(25)26;/h5-8,11-12,14H,3-4,9-10H2,1-2H3,(H,25,26);/q;+1/p-1/t14-;/m0./s1. The number of hydrogen-bond acceptors (Lipinski definition) is 4. The average Bonchev–Trinajstić information content (AvgIpc) is 3.17. The first-order valence-corrected chi connectivity index (χ1v) is 9.32. The summed E-state index contributed by atoms with van der Waals surface area (Å²) in [5, 5.41) is 11.5. The molecule has 5 nitrogen and oxygen atoms in total. The van der Waals surface area contributed by atoms with Crippen molar-refractivity contribution in [1.82, 2.24) is 4.90 Å². The molecule has 0 unspecified atom stereocenters. The van der Waals surface area contributed by atoms with E-state index in [0.717, 1.165) is 37.1 Å². The van der Waals surface area contributed by atoms with Crippen molar-refractivity contribution in [3.63, 3.8) is 0 Å². The molecule has 1 amide bonds. The summed E-state index contributed by atoms with van der Waals surface area (Å²) in [4.78, 5) is 25.5. The van der Waals surface area contributed by atoms with Gasteiger partial charge in [-0.2, -0.15) is 0 Å². The van der Waals surface area contributed by atoms with E-state index >= 15 is 0 Å². The van der Waals surface area contributed by atoms with Crippen LogP contribution in [-0.4, -0.2) is 36.0 Å². The molecule has 2 aromatic carbocycles. The number of aliphatic carboxylic acids is 1. The van der Waals surface area contributed by atoms with Crippen molar-refractivity contribution < 1.29 is 49.0 Å². The van der Waals surface area contributed by atoms with Crippen LogP contribution in [0.1, 0.15) is 35.7 Å². The van der Waals surface area contributed by atoms with Gasteiger partial charge in [0.2, 0.25) is 0 Å². The van der Waals surface area contributed by atoms with E-state index in [-0.39, 0.29) is 35.5 Å². The Hall–Kier alpha value is -1.53. The molecule has 0 saturated carbocycles. The number of carbonyl (C=O) groups excluding carboxylic acids is 2. The van der Waals surface area contributed by atoms with Crippen LogP contribution >= 0.6 is 11.6 Å². The summed E-state index contributed by atoms with van der Waals surface area (Å²) >= 11 is 6.14. The molecule has 0 spiro atoms. The normalized spacial score (nSPS) is 14.3. The summed E-state index contributed by atoms with van der Waals surface area (Å²) < 4.78 is 5.53. The van der Waals surface area contributed by atoms with Crippen molar-refractivity contribution in [3.05, 3.63) is 52.5 Å². The van der Waals surface area contributed by atoms with Crippen molar-refractivity contribution in [1.29, 1.82) is 0 Å². The maximum Gasteiger partial charge on any atom is 1.00 e. The van der Waals surface area contributed by atoms with E-state index < -0.39 is 12.1 Å². The van der Waals surface area contributed by atoms with Crippen molar-refractivity contribution in [2.75, 3.05) is 13.1 Å². The largest absolute Gasteiger partial charge is 1.00 e. The Kier molecular flexibility index (Phi) is 7.96. The average molecular weight is 410 g/mol. The summed E-state index contributed by atoms with van der Waals surface area (Å²) in [5.74, 6) is -0.854. The fourth-order valence-electron chi connectivity index (χ4n) is 3.26. The van der Waals surface area contributed by atoms with Crippen LogP contribution in [0.5, 0.6) is 5.75 Å². The Balaban J connectivity index is 0.00000280. The first-order chi connectivity index (χ1) is 12.9. The van der Waals surface area contributed by atoms with E-state index in [1.807, 2.05) is 24.0 Å². The van der Waals surface area contributed by atoms with Crippen LogP contribution in [0.3, 0.4) is 0 Å². The van der Waals surface area contributed by atoms with Crippen molar-refractivity contribution in [2.45, 2.75) is 32.8 Å². The van der Waals surface area contributed by atoms with Gasteiger partial charge in [0.1, 0.15) is 11.9 Å². The number of amides is 1. The molecule has 142 valence electrons. The Bertz CT molecular complexity index is 881. The Labute approximate surface area is 191 Å². The van der Waals surface area contributed by atoms with Crippen LogP contribution < -0.4 is 39.4 Å². The molecule has 28 heavy (non-hydrogen) atoms. The van der Waals surface area contributed by atoms with Crippen LogP contribution in [0.4, 0.5) is 0 Å². The predicted molar refractivity (Wildman–Crippen MR) is 102 cm³/mol. The number of aryl methyl sites for hydroxylation is 1. The molecule has 1 atom stereocenters. The topological polar surface area (TPSA) is 69.7 Å².